The fourth-order valence-electron chi connectivity index (χ4n) is 4.21. The smallest absolute Gasteiger partial charge is 0.257 e. The summed E-state index contributed by atoms with van der Waals surface area (Å²) < 4.78 is 6.12. The first-order chi connectivity index (χ1) is 15.8. The zero-order valence-electron chi connectivity index (χ0n) is 17.7. The van der Waals surface area contributed by atoms with Crippen LogP contribution in [0.2, 0.25) is 0 Å². The molecule has 1 heterocycles. The third kappa shape index (κ3) is 4.48. The van der Waals surface area contributed by atoms with Crippen molar-refractivity contribution in [2.45, 2.75) is 30.5 Å². The Kier molecular flexibility index (Phi) is 6.08. The molecule has 0 aliphatic heterocycles. The quantitative estimate of drug-likeness (QED) is 0.358. The molecule has 0 bridgehead atoms. The van der Waals surface area contributed by atoms with Gasteiger partial charge in [0.05, 0.1) is 11.8 Å². The Morgan fingerprint density at radius 2 is 1.62 bits per heavy atom. The Hall–Kier alpha value is -3.31. The fraction of sp³-hybridized carbons (Fsp3) is 0.185. The highest BCUT2D eigenvalue weighted by Gasteiger charge is 2.22. The Morgan fingerprint density at radius 3 is 2.41 bits per heavy atom. The van der Waals surface area contributed by atoms with Crippen LogP contribution < -0.4 is 5.32 Å². The summed E-state index contributed by atoms with van der Waals surface area (Å²) in [5.74, 6) is 0.986. The molecule has 1 amide bonds. The van der Waals surface area contributed by atoms with Crippen LogP contribution in [0.3, 0.4) is 0 Å². The van der Waals surface area contributed by atoms with Crippen molar-refractivity contribution in [1.82, 2.24) is 10.3 Å². The van der Waals surface area contributed by atoms with Crippen LogP contribution in [-0.4, -0.2) is 16.6 Å². The van der Waals surface area contributed by atoms with Crippen molar-refractivity contribution in [3.63, 3.8) is 0 Å². The van der Waals surface area contributed by atoms with E-state index in [4.69, 9.17) is 9.40 Å². The summed E-state index contributed by atoms with van der Waals surface area (Å²) in [6.07, 6.45) is 3.15. The van der Waals surface area contributed by atoms with Crippen molar-refractivity contribution in [3.05, 3.63) is 96.1 Å². The molecule has 1 aromatic heterocycles. The Labute approximate surface area is 192 Å². The summed E-state index contributed by atoms with van der Waals surface area (Å²) >= 11 is 1.33. The first-order valence-electron chi connectivity index (χ1n) is 10.9. The molecule has 1 N–H and O–H groups in total. The lowest BCUT2D eigenvalue weighted by Crippen LogP contribution is -2.32. The van der Waals surface area contributed by atoms with Crippen LogP contribution in [0.15, 0.2) is 94.6 Å². The molecule has 0 saturated heterocycles. The lowest BCUT2D eigenvalue weighted by atomic mass is 9.88. The molecule has 1 aliphatic carbocycles. The molecule has 0 unspecified atom stereocenters. The van der Waals surface area contributed by atoms with E-state index in [2.05, 4.69) is 23.5 Å². The van der Waals surface area contributed by atoms with Gasteiger partial charge in [-0.25, -0.2) is 4.98 Å². The molecule has 160 valence electrons. The number of thioether (sulfide) groups is 1. The zero-order chi connectivity index (χ0) is 21.8. The molecule has 3 aromatic carbocycles. The van der Waals surface area contributed by atoms with E-state index < -0.39 is 0 Å². The molecular weight excluding hydrogens is 416 g/mol. The van der Waals surface area contributed by atoms with E-state index in [0.717, 1.165) is 41.8 Å². The van der Waals surface area contributed by atoms with Gasteiger partial charge >= 0.3 is 0 Å². The van der Waals surface area contributed by atoms with E-state index in [1.807, 2.05) is 66.7 Å². The molecule has 0 saturated carbocycles. The van der Waals surface area contributed by atoms with Crippen LogP contribution in [0.1, 0.15) is 30.0 Å². The highest BCUT2D eigenvalue weighted by molar-refractivity contribution is 7.99. The largest absolute Gasteiger partial charge is 0.431 e. The normalized spacial score (nSPS) is 15.2. The van der Waals surface area contributed by atoms with Crippen molar-refractivity contribution in [2.75, 3.05) is 5.75 Å². The van der Waals surface area contributed by atoms with Crippen molar-refractivity contribution >= 4 is 17.7 Å². The van der Waals surface area contributed by atoms with Crippen LogP contribution in [0.4, 0.5) is 0 Å². The van der Waals surface area contributed by atoms with Crippen LogP contribution in [0, 0.1) is 0 Å². The van der Waals surface area contributed by atoms with E-state index in [1.54, 1.807) is 0 Å². The van der Waals surface area contributed by atoms with Crippen molar-refractivity contribution in [1.29, 1.82) is 0 Å². The maximum atomic E-state index is 12.7. The van der Waals surface area contributed by atoms with E-state index in [9.17, 15) is 4.79 Å². The van der Waals surface area contributed by atoms with Gasteiger partial charge in [-0.05, 0) is 30.4 Å². The fourth-order valence-corrected chi connectivity index (χ4v) is 4.84. The number of oxazole rings is 1. The molecule has 1 atom stereocenters. The highest BCUT2D eigenvalue weighted by atomic mass is 32.2. The van der Waals surface area contributed by atoms with Crippen LogP contribution in [0.25, 0.3) is 22.6 Å². The molecule has 4 aromatic rings. The molecular formula is C27H24N2O2S. The van der Waals surface area contributed by atoms with Crippen LogP contribution >= 0.6 is 11.8 Å². The highest BCUT2D eigenvalue weighted by Crippen LogP contribution is 2.35. The number of fused-ring (bicyclic) bond motifs is 1. The van der Waals surface area contributed by atoms with Gasteiger partial charge in [-0.15, -0.1) is 0 Å². The molecule has 0 spiro atoms. The average Bonchev–Trinajstić information content (AvgIpc) is 3.29. The number of amides is 1. The minimum absolute atomic E-state index is 0.00238. The van der Waals surface area contributed by atoms with E-state index >= 15 is 0 Å². The molecule has 32 heavy (non-hydrogen) atoms. The number of nitrogens with one attached hydrogen (secondary N) is 1. The Morgan fingerprint density at radius 1 is 0.938 bits per heavy atom. The topological polar surface area (TPSA) is 55.1 Å². The van der Waals surface area contributed by atoms with Crippen LogP contribution in [0.5, 0.6) is 0 Å². The van der Waals surface area contributed by atoms with Gasteiger partial charge in [-0.3, -0.25) is 4.79 Å². The number of benzene rings is 3. The van der Waals surface area contributed by atoms with Gasteiger partial charge in [0.25, 0.3) is 5.22 Å². The Bertz CT molecular complexity index is 1150. The van der Waals surface area contributed by atoms with Crippen molar-refractivity contribution in [2.24, 2.45) is 0 Å². The standard InChI is InChI=1S/C27H24N2O2S/c30-24(28-23-17-9-15-19-10-7-8-16-22(19)23)18-32-27-29-25(20-11-3-1-4-12-20)26(31-27)21-13-5-2-6-14-21/h1-8,10-14,16,23H,9,15,17-18H2,(H,28,30)/t23-/m1/s1. The maximum Gasteiger partial charge on any atom is 0.257 e. The lowest BCUT2D eigenvalue weighted by Gasteiger charge is -2.26. The predicted octanol–water partition coefficient (Wildman–Crippen LogP) is 6.29. The van der Waals surface area contributed by atoms with Gasteiger partial charge in [0.1, 0.15) is 5.69 Å². The minimum atomic E-state index is -0.00238. The predicted molar refractivity (Wildman–Crippen MR) is 128 cm³/mol. The summed E-state index contributed by atoms with van der Waals surface area (Å²) in [5, 5.41) is 3.70. The average molecular weight is 441 g/mol. The number of aromatic nitrogens is 1. The third-order valence-corrected chi connectivity index (χ3v) is 6.55. The lowest BCUT2D eigenvalue weighted by molar-refractivity contribution is -0.119. The molecule has 5 rings (SSSR count). The number of carbonyl (C=O) groups excluding carboxylic acids is 1. The monoisotopic (exact) mass is 440 g/mol. The number of hydrogen-bond donors (Lipinski definition) is 1. The second-order valence-corrected chi connectivity index (χ2v) is 8.82. The maximum absolute atomic E-state index is 12.7. The van der Waals surface area contributed by atoms with Gasteiger partial charge in [-0.2, -0.15) is 0 Å². The number of hydrogen-bond acceptors (Lipinski definition) is 4. The molecule has 5 heteroatoms. The van der Waals surface area contributed by atoms with Crippen molar-refractivity contribution in [3.8, 4) is 22.6 Å². The van der Waals surface area contributed by atoms with E-state index in [-0.39, 0.29) is 17.7 Å². The van der Waals surface area contributed by atoms with Gasteiger partial charge in [-0.1, -0.05) is 96.7 Å². The van der Waals surface area contributed by atoms with E-state index in [0.29, 0.717) is 5.22 Å². The number of carbonyl (C=O) groups is 1. The molecule has 0 radical (unpaired) electrons. The summed E-state index contributed by atoms with van der Waals surface area (Å²) in [6.45, 7) is 0. The van der Waals surface area contributed by atoms with Gasteiger partial charge < -0.3 is 9.73 Å². The van der Waals surface area contributed by atoms with Crippen molar-refractivity contribution < 1.29 is 9.21 Å². The summed E-state index contributed by atoms with van der Waals surface area (Å²) in [4.78, 5) is 17.5. The van der Waals surface area contributed by atoms with E-state index in [1.165, 1.54) is 22.9 Å². The summed E-state index contributed by atoms with van der Waals surface area (Å²) in [6, 6.07) is 28.4. The first kappa shape index (κ1) is 20.6. The van der Waals surface area contributed by atoms with Crippen LogP contribution in [-0.2, 0) is 11.2 Å². The second-order valence-electron chi connectivity index (χ2n) is 7.89. The number of nitrogens with zero attached hydrogens (tertiary/aromatic N) is 1. The van der Waals surface area contributed by atoms with Gasteiger partial charge in [0, 0.05) is 11.1 Å². The summed E-state index contributed by atoms with van der Waals surface area (Å²) in [5.41, 5.74) is 5.33. The first-order valence-corrected chi connectivity index (χ1v) is 11.9. The van der Waals surface area contributed by atoms with Gasteiger partial charge in [0.2, 0.25) is 5.91 Å². The minimum Gasteiger partial charge on any atom is -0.431 e. The molecule has 1 aliphatic rings. The second kappa shape index (κ2) is 9.45. The summed E-state index contributed by atoms with van der Waals surface area (Å²) in [7, 11) is 0. The third-order valence-electron chi connectivity index (χ3n) is 5.72. The SMILES string of the molecule is O=C(CSc1nc(-c2ccccc2)c(-c2ccccc2)o1)N[C@@H]1CCCc2ccccc21. The molecule has 4 nitrogen and oxygen atoms in total. The Balaban J connectivity index is 1.32. The zero-order valence-corrected chi connectivity index (χ0v) is 18.5. The molecule has 0 fully saturated rings. The number of rotatable bonds is 6. The van der Waals surface area contributed by atoms with Gasteiger partial charge in [0.15, 0.2) is 5.76 Å². The number of aryl methyl sites for hydroxylation is 1.